The molecule has 3 nitrogen and oxygen atoms in total. The Morgan fingerprint density at radius 2 is 2.21 bits per heavy atom. The third-order valence-electron chi connectivity index (χ3n) is 3.81. The van der Waals surface area contributed by atoms with Crippen molar-refractivity contribution in [3.05, 3.63) is 0 Å². The van der Waals surface area contributed by atoms with E-state index < -0.39 is 5.97 Å². The summed E-state index contributed by atoms with van der Waals surface area (Å²) >= 11 is 0. The molecule has 0 amide bonds. The fraction of sp³-hybridized carbons (Fsp3) is 0.900. The maximum absolute atomic E-state index is 11.0. The Morgan fingerprint density at radius 1 is 1.64 bits per heavy atom. The van der Waals surface area contributed by atoms with Gasteiger partial charge in [-0.05, 0) is 38.6 Å². The van der Waals surface area contributed by atoms with Gasteiger partial charge < -0.3 is 6.53 Å². The standard InChI is InChI=1S/C10H17NO2.Li.H/c1-7-6-10(7,2)11-5-3-4-8(11)9(12)13;;/h7-8H,3-6H2,1-2H3,(H,12,13);;/q;+1;-1. The second-order valence-corrected chi connectivity index (χ2v) is 4.65. The van der Waals surface area contributed by atoms with Crippen molar-refractivity contribution in [2.24, 2.45) is 5.92 Å². The van der Waals surface area contributed by atoms with Crippen LogP contribution in [0.15, 0.2) is 0 Å². The number of nitrogens with zero attached hydrogens (tertiary/aromatic N) is 1. The summed E-state index contributed by atoms with van der Waals surface area (Å²) in [6, 6.07) is -0.213. The summed E-state index contributed by atoms with van der Waals surface area (Å²) in [5.41, 5.74) is 0.194. The van der Waals surface area contributed by atoms with Gasteiger partial charge in [0, 0.05) is 5.54 Å². The van der Waals surface area contributed by atoms with Gasteiger partial charge in [0.15, 0.2) is 0 Å². The van der Waals surface area contributed by atoms with Crippen molar-refractivity contribution in [3.63, 3.8) is 0 Å². The molecule has 0 radical (unpaired) electrons. The molecule has 1 aliphatic heterocycles. The quantitative estimate of drug-likeness (QED) is 0.537. The largest absolute Gasteiger partial charge is 1.00 e. The average molecular weight is 191 g/mol. The molecule has 1 heterocycles. The Morgan fingerprint density at radius 3 is 2.64 bits per heavy atom. The van der Waals surface area contributed by atoms with Crippen LogP contribution in [0.5, 0.6) is 0 Å². The van der Waals surface area contributed by atoms with E-state index >= 15 is 0 Å². The van der Waals surface area contributed by atoms with Crippen LogP contribution < -0.4 is 18.9 Å². The van der Waals surface area contributed by atoms with Gasteiger partial charge in [0.25, 0.3) is 0 Å². The van der Waals surface area contributed by atoms with E-state index in [9.17, 15) is 4.79 Å². The molecule has 4 heteroatoms. The van der Waals surface area contributed by atoms with Crippen molar-refractivity contribution in [3.8, 4) is 0 Å². The van der Waals surface area contributed by atoms with E-state index in [1.807, 2.05) is 0 Å². The molecule has 0 aromatic carbocycles. The van der Waals surface area contributed by atoms with Crippen LogP contribution in [0.4, 0.5) is 0 Å². The van der Waals surface area contributed by atoms with E-state index in [1.54, 1.807) is 0 Å². The smallest absolute Gasteiger partial charge is 1.00 e. The van der Waals surface area contributed by atoms with Gasteiger partial charge in [0.2, 0.25) is 0 Å². The molecule has 2 rings (SSSR count). The van der Waals surface area contributed by atoms with Crippen LogP contribution >= 0.6 is 0 Å². The molecule has 14 heavy (non-hydrogen) atoms. The molecule has 3 atom stereocenters. The van der Waals surface area contributed by atoms with Crippen LogP contribution in [0.2, 0.25) is 0 Å². The molecule has 1 aliphatic carbocycles. The number of carboxylic acids is 1. The minimum absolute atomic E-state index is 0. The number of likely N-dealkylation sites (tertiary alicyclic amines) is 1. The van der Waals surface area contributed by atoms with Crippen LogP contribution in [-0.4, -0.2) is 34.1 Å². The van der Waals surface area contributed by atoms with E-state index in [-0.39, 0.29) is 31.9 Å². The third-order valence-corrected chi connectivity index (χ3v) is 3.81. The van der Waals surface area contributed by atoms with E-state index in [1.165, 1.54) is 0 Å². The van der Waals surface area contributed by atoms with Gasteiger partial charge in [-0.2, -0.15) is 0 Å². The van der Waals surface area contributed by atoms with Crippen molar-refractivity contribution >= 4 is 5.97 Å². The van der Waals surface area contributed by atoms with Gasteiger partial charge in [0.05, 0.1) is 0 Å². The Hall–Kier alpha value is 0.0274. The van der Waals surface area contributed by atoms with Gasteiger partial charge in [-0.3, -0.25) is 9.69 Å². The summed E-state index contributed by atoms with van der Waals surface area (Å²) in [7, 11) is 0. The van der Waals surface area contributed by atoms with Crippen LogP contribution in [0.25, 0.3) is 0 Å². The van der Waals surface area contributed by atoms with Gasteiger partial charge in [0.1, 0.15) is 6.04 Å². The summed E-state index contributed by atoms with van der Waals surface area (Å²) in [5.74, 6) is 0.0327. The van der Waals surface area contributed by atoms with Crippen molar-refractivity contribution < 1.29 is 30.2 Å². The minimum Gasteiger partial charge on any atom is -1.00 e. The molecule has 76 valence electrons. The number of carboxylic acid groups (broad SMARTS) is 1. The summed E-state index contributed by atoms with van der Waals surface area (Å²) in [5, 5.41) is 9.02. The molecule has 0 aromatic rings. The molecule has 1 N–H and O–H groups in total. The first kappa shape index (κ1) is 12.1. The van der Waals surface area contributed by atoms with Gasteiger partial charge in [-0.1, -0.05) is 6.92 Å². The average Bonchev–Trinajstić information content (AvgIpc) is 2.54. The minimum atomic E-state index is -0.641. The fourth-order valence-corrected chi connectivity index (χ4v) is 2.60. The van der Waals surface area contributed by atoms with E-state index in [4.69, 9.17) is 5.11 Å². The maximum Gasteiger partial charge on any atom is 1.00 e. The second kappa shape index (κ2) is 3.88. The number of hydrogen-bond acceptors (Lipinski definition) is 2. The van der Waals surface area contributed by atoms with E-state index in [0.717, 1.165) is 25.8 Å². The molecule has 0 spiro atoms. The van der Waals surface area contributed by atoms with Gasteiger partial charge >= 0.3 is 24.8 Å². The first-order valence-electron chi connectivity index (χ1n) is 5.05. The predicted molar refractivity (Wildman–Crippen MR) is 50.7 cm³/mol. The Bertz CT molecular complexity index is 252. The molecule has 3 unspecified atom stereocenters. The maximum atomic E-state index is 11.0. The van der Waals surface area contributed by atoms with E-state index in [2.05, 4.69) is 18.7 Å². The molecular weight excluding hydrogens is 173 g/mol. The summed E-state index contributed by atoms with van der Waals surface area (Å²) in [4.78, 5) is 13.1. The zero-order chi connectivity index (χ0) is 9.64. The number of hydrogen-bond donors (Lipinski definition) is 1. The van der Waals surface area contributed by atoms with Crippen molar-refractivity contribution in [1.29, 1.82) is 0 Å². The zero-order valence-corrected chi connectivity index (χ0v) is 9.29. The SMILES string of the molecule is CC1CC1(C)N1CCCC1C(=O)O.[H-].[Li+]. The molecule has 1 saturated heterocycles. The molecule has 1 saturated carbocycles. The van der Waals surface area contributed by atoms with Crippen LogP contribution in [0.1, 0.15) is 34.5 Å². The van der Waals surface area contributed by atoms with Gasteiger partial charge in [-0.15, -0.1) is 0 Å². The summed E-state index contributed by atoms with van der Waals surface area (Å²) < 4.78 is 0. The van der Waals surface area contributed by atoms with Gasteiger partial charge in [-0.25, -0.2) is 0 Å². The molecule has 0 bridgehead atoms. The van der Waals surface area contributed by atoms with Crippen LogP contribution in [-0.2, 0) is 4.79 Å². The van der Waals surface area contributed by atoms with E-state index in [0.29, 0.717) is 5.92 Å². The summed E-state index contributed by atoms with van der Waals surface area (Å²) in [6.07, 6.45) is 3.04. The predicted octanol–water partition coefficient (Wildman–Crippen LogP) is -1.55. The third kappa shape index (κ3) is 1.74. The zero-order valence-electron chi connectivity index (χ0n) is 10.3. The van der Waals surface area contributed by atoms with Crippen LogP contribution in [0.3, 0.4) is 0 Å². The Balaban J connectivity index is 0.000000980. The molecule has 2 aliphatic rings. The number of aliphatic carboxylic acids is 1. The number of carbonyl (C=O) groups is 1. The normalized spacial score (nSPS) is 41.9. The first-order chi connectivity index (χ1) is 6.05. The van der Waals surface area contributed by atoms with Crippen molar-refractivity contribution in [2.75, 3.05) is 6.54 Å². The monoisotopic (exact) mass is 191 g/mol. The van der Waals surface area contributed by atoms with Crippen molar-refractivity contribution in [2.45, 2.75) is 44.7 Å². The molecule has 2 fully saturated rings. The Kier molecular flexibility index (Phi) is 3.36. The fourth-order valence-electron chi connectivity index (χ4n) is 2.60. The number of rotatable bonds is 2. The topological polar surface area (TPSA) is 40.5 Å². The Labute approximate surface area is 98.5 Å². The molecular formula is C10H18LiNO2. The second-order valence-electron chi connectivity index (χ2n) is 4.65. The summed E-state index contributed by atoms with van der Waals surface area (Å²) in [6.45, 7) is 5.37. The molecule has 0 aromatic heterocycles. The van der Waals surface area contributed by atoms with Crippen molar-refractivity contribution in [1.82, 2.24) is 4.90 Å². The van der Waals surface area contributed by atoms with Crippen LogP contribution in [0, 0.1) is 5.92 Å². The first-order valence-corrected chi connectivity index (χ1v) is 5.05.